The van der Waals surface area contributed by atoms with Gasteiger partial charge < -0.3 is 20.6 Å². The van der Waals surface area contributed by atoms with Gasteiger partial charge in [0.1, 0.15) is 5.76 Å². The second-order valence-electron chi connectivity index (χ2n) is 3.83. The molecule has 1 aromatic rings. The predicted octanol–water partition coefficient (Wildman–Crippen LogP) is 0.0453. The quantitative estimate of drug-likeness (QED) is 0.633. The van der Waals surface area contributed by atoms with Crippen molar-refractivity contribution in [2.75, 3.05) is 0 Å². The van der Waals surface area contributed by atoms with Gasteiger partial charge in [0.05, 0.1) is 18.8 Å². The molecule has 1 rings (SSSR count). The molecular formula is C11H17N3O4. The lowest BCUT2D eigenvalue weighted by Crippen LogP contribution is -2.40. The van der Waals surface area contributed by atoms with Crippen LogP contribution in [0.3, 0.4) is 0 Å². The predicted molar refractivity (Wildman–Crippen MR) is 62.6 cm³/mol. The molecule has 1 aromatic heterocycles. The molecule has 0 aliphatic rings. The molecule has 0 saturated carbocycles. The van der Waals surface area contributed by atoms with Crippen molar-refractivity contribution in [3.8, 4) is 0 Å². The van der Waals surface area contributed by atoms with Crippen LogP contribution in [-0.2, 0) is 22.6 Å². The third-order valence-corrected chi connectivity index (χ3v) is 2.37. The topological polar surface area (TPSA) is 118 Å². The van der Waals surface area contributed by atoms with Crippen molar-refractivity contribution in [3.63, 3.8) is 0 Å². The summed E-state index contributed by atoms with van der Waals surface area (Å²) < 4.78 is 5.30. The molecule has 1 atom stereocenters. The number of carboxylic acids is 1. The molecule has 1 amide bonds. The molecule has 7 heteroatoms. The van der Waals surface area contributed by atoms with Crippen molar-refractivity contribution in [3.05, 3.63) is 17.8 Å². The second kappa shape index (κ2) is 6.75. The minimum atomic E-state index is -0.974. The Morgan fingerprint density at radius 3 is 2.89 bits per heavy atom. The lowest BCUT2D eigenvalue weighted by atomic mass is 10.1. The Hall–Kier alpha value is -1.89. The molecule has 0 aromatic carbocycles. The van der Waals surface area contributed by atoms with E-state index in [-0.39, 0.29) is 19.4 Å². The minimum absolute atomic E-state index is 0.104. The molecule has 1 unspecified atom stereocenters. The highest BCUT2D eigenvalue weighted by Crippen LogP contribution is 2.04. The lowest BCUT2D eigenvalue weighted by molar-refractivity contribution is -0.137. The number of aryl methyl sites for hydroxylation is 1. The van der Waals surface area contributed by atoms with Gasteiger partial charge in [0.25, 0.3) is 0 Å². The maximum Gasteiger partial charge on any atom is 0.303 e. The number of amides is 1. The van der Waals surface area contributed by atoms with Crippen LogP contribution < -0.4 is 11.1 Å². The van der Waals surface area contributed by atoms with Crippen molar-refractivity contribution in [1.82, 2.24) is 10.3 Å². The fourth-order valence-corrected chi connectivity index (χ4v) is 1.30. The fourth-order valence-electron chi connectivity index (χ4n) is 1.30. The molecule has 0 saturated heterocycles. The Bertz CT molecular complexity index is 416. The first kappa shape index (κ1) is 14.2. The number of rotatable bonds is 7. The first-order chi connectivity index (χ1) is 8.52. The highest BCUT2D eigenvalue weighted by Gasteiger charge is 2.15. The summed E-state index contributed by atoms with van der Waals surface area (Å²) in [4.78, 5) is 25.8. The molecule has 7 nitrogen and oxygen atoms in total. The number of hydrogen-bond acceptors (Lipinski definition) is 5. The lowest BCUT2D eigenvalue weighted by Gasteiger charge is -2.09. The highest BCUT2D eigenvalue weighted by molar-refractivity contribution is 5.82. The first-order valence-corrected chi connectivity index (χ1v) is 5.71. The normalized spacial score (nSPS) is 12.1. The van der Waals surface area contributed by atoms with E-state index < -0.39 is 17.9 Å². The van der Waals surface area contributed by atoms with Crippen LogP contribution in [0.25, 0.3) is 0 Å². The zero-order valence-corrected chi connectivity index (χ0v) is 10.2. The molecule has 0 spiro atoms. The Morgan fingerprint density at radius 2 is 2.33 bits per heavy atom. The maximum atomic E-state index is 11.5. The molecule has 0 radical (unpaired) electrons. The smallest absolute Gasteiger partial charge is 0.303 e. The van der Waals surface area contributed by atoms with E-state index in [9.17, 15) is 9.59 Å². The number of aliphatic carboxylic acids is 1. The van der Waals surface area contributed by atoms with Crippen molar-refractivity contribution < 1.29 is 19.1 Å². The number of carbonyl (C=O) groups is 2. The number of oxazole rings is 1. The second-order valence-corrected chi connectivity index (χ2v) is 3.83. The number of nitrogens with two attached hydrogens (primary N) is 1. The summed E-state index contributed by atoms with van der Waals surface area (Å²) in [5, 5.41) is 11.0. The van der Waals surface area contributed by atoms with E-state index >= 15 is 0 Å². The van der Waals surface area contributed by atoms with Crippen LogP contribution in [-0.4, -0.2) is 28.0 Å². The van der Waals surface area contributed by atoms with Crippen molar-refractivity contribution >= 4 is 11.9 Å². The van der Waals surface area contributed by atoms with Gasteiger partial charge in [-0.3, -0.25) is 9.59 Å². The molecule has 0 aliphatic heterocycles. The van der Waals surface area contributed by atoms with Crippen molar-refractivity contribution in [2.45, 2.75) is 38.8 Å². The number of nitrogens with one attached hydrogen (secondary N) is 1. The SMILES string of the molecule is CCc1cnc(CNC(=O)C(N)CCC(=O)O)o1. The number of hydrogen-bond donors (Lipinski definition) is 3. The van der Waals surface area contributed by atoms with Crippen LogP contribution in [0.1, 0.15) is 31.4 Å². The molecule has 4 N–H and O–H groups in total. The molecule has 18 heavy (non-hydrogen) atoms. The van der Waals surface area contributed by atoms with Gasteiger partial charge >= 0.3 is 5.97 Å². The minimum Gasteiger partial charge on any atom is -0.481 e. The average molecular weight is 255 g/mol. The zero-order chi connectivity index (χ0) is 13.5. The van der Waals surface area contributed by atoms with E-state index in [2.05, 4.69) is 10.3 Å². The number of carboxylic acid groups (broad SMARTS) is 1. The summed E-state index contributed by atoms with van der Waals surface area (Å²) in [6.45, 7) is 2.09. The van der Waals surface area contributed by atoms with Gasteiger partial charge in [0.2, 0.25) is 11.8 Å². The summed E-state index contributed by atoms with van der Waals surface area (Å²) in [7, 11) is 0. The monoisotopic (exact) mass is 255 g/mol. The Balaban J connectivity index is 2.33. The van der Waals surface area contributed by atoms with Crippen LogP contribution >= 0.6 is 0 Å². The van der Waals surface area contributed by atoms with Gasteiger partial charge in [0.15, 0.2) is 0 Å². The van der Waals surface area contributed by atoms with E-state index in [4.69, 9.17) is 15.3 Å². The highest BCUT2D eigenvalue weighted by atomic mass is 16.4. The standard InChI is InChI=1S/C11H17N3O4/c1-2-7-5-13-9(18-7)6-14-11(17)8(12)3-4-10(15)16/h5,8H,2-4,6,12H2,1H3,(H,14,17)(H,15,16). The first-order valence-electron chi connectivity index (χ1n) is 5.71. The van der Waals surface area contributed by atoms with Gasteiger partial charge in [-0.15, -0.1) is 0 Å². The van der Waals surface area contributed by atoms with E-state index in [0.29, 0.717) is 5.89 Å². The fraction of sp³-hybridized carbons (Fsp3) is 0.545. The molecule has 1 heterocycles. The third kappa shape index (κ3) is 4.54. The largest absolute Gasteiger partial charge is 0.481 e. The summed E-state index contributed by atoms with van der Waals surface area (Å²) in [6, 6.07) is -0.832. The Kier molecular flexibility index (Phi) is 5.31. The zero-order valence-electron chi connectivity index (χ0n) is 10.2. The molecule has 0 fully saturated rings. The van der Waals surface area contributed by atoms with Gasteiger partial charge in [-0.2, -0.15) is 0 Å². The van der Waals surface area contributed by atoms with Crippen LogP contribution in [0.4, 0.5) is 0 Å². The third-order valence-electron chi connectivity index (χ3n) is 2.37. The van der Waals surface area contributed by atoms with Gasteiger partial charge in [-0.05, 0) is 6.42 Å². The van der Waals surface area contributed by atoms with Crippen LogP contribution in [0.2, 0.25) is 0 Å². The van der Waals surface area contributed by atoms with Crippen LogP contribution in [0, 0.1) is 0 Å². The number of nitrogens with zero attached hydrogens (tertiary/aromatic N) is 1. The van der Waals surface area contributed by atoms with E-state index in [1.54, 1.807) is 6.20 Å². The van der Waals surface area contributed by atoms with Crippen molar-refractivity contribution in [2.24, 2.45) is 5.73 Å². The van der Waals surface area contributed by atoms with E-state index in [1.165, 1.54) is 0 Å². The Morgan fingerprint density at radius 1 is 1.61 bits per heavy atom. The average Bonchev–Trinajstić information content (AvgIpc) is 2.80. The van der Waals surface area contributed by atoms with Gasteiger partial charge in [0, 0.05) is 12.8 Å². The van der Waals surface area contributed by atoms with Crippen LogP contribution in [0.15, 0.2) is 10.6 Å². The summed E-state index contributed by atoms with van der Waals surface area (Å²) in [6.07, 6.45) is 2.31. The van der Waals surface area contributed by atoms with Gasteiger partial charge in [-0.1, -0.05) is 6.92 Å². The summed E-state index contributed by atoms with van der Waals surface area (Å²) in [5.74, 6) is -0.230. The molecule has 0 bridgehead atoms. The van der Waals surface area contributed by atoms with Crippen LogP contribution in [0.5, 0.6) is 0 Å². The summed E-state index contributed by atoms with van der Waals surface area (Å²) >= 11 is 0. The van der Waals surface area contributed by atoms with E-state index in [0.717, 1.165) is 12.2 Å². The molecule has 100 valence electrons. The maximum absolute atomic E-state index is 11.5. The van der Waals surface area contributed by atoms with E-state index in [1.807, 2.05) is 6.92 Å². The Labute approximate surface area is 104 Å². The number of carbonyl (C=O) groups excluding carboxylic acids is 1. The number of aromatic nitrogens is 1. The molecule has 0 aliphatic carbocycles. The van der Waals surface area contributed by atoms with Crippen molar-refractivity contribution in [1.29, 1.82) is 0 Å². The van der Waals surface area contributed by atoms with Gasteiger partial charge in [-0.25, -0.2) is 4.98 Å². The molecular weight excluding hydrogens is 238 g/mol. The summed E-state index contributed by atoms with van der Waals surface area (Å²) in [5.41, 5.74) is 5.53.